The van der Waals surface area contributed by atoms with Gasteiger partial charge in [0.1, 0.15) is 5.15 Å². The minimum atomic E-state index is -4.46. The highest BCUT2D eigenvalue weighted by molar-refractivity contribution is 6.32. The van der Waals surface area contributed by atoms with Gasteiger partial charge in [0.2, 0.25) is 0 Å². The van der Waals surface area contributed by atoms with Gasteiger partial charge in [-0.15, -0.1) is 0 Å². The van der Waals surface area contributed by atoms with Crippen molar-refractivity contribution in [3.63, 3.8) is 0 Å². The van der Waals surface area contributed by atoms with Crippen LogP contribution in [0.3, 0.4) is 0 Å². The van der Waals surface area contributed by atoms with Crippen molar-refractivity contribution in [3.05, 3.63) is 52.8 Å². The van der Waals surface area contributed by atoms with E-state index >= 15 is 0 Å². The Bertz CT molecular complexity index is 599. The third-order valence-corrected chi connectivity index (χ3v) is 2.88. The number of benzene rings is 1. The highest BCUT2D eigenvalue weighted by atomic mass is 35.5. The molecule has 2 aromatic rings. The highest BCUT2D eigenvalue weighted by Crippen LogP contribution is 2.38. The molecule has 1 N–H and O–H groups in total. The molecule has 1 aromatic carbocycles. The molecule has 0 atom stereocenters. The monoisotopic (exact) mass is 287 g/mol. The first-order chi connectivity index (χ1) is 8.93. The van der Waals surface area contributed by atoms with Crippen molar-refractivity contribution in [2.24, 2.45) is 0 Å². The average molecular weight is 288 g/mol. The number of hydrogen-bond donors (Lipinski definition) is 1. The molecule has 100 valence electrons. The fourth-order valence-corrected chi connectivity index (χ4v) is 2.00. The maximum Gasteiger partial charge on any atom is 0.417 e. The lowest BCUT2D eigenvalue weighted by molar-refractivity contribution is -0.137. The summed E-state index contributed by atoms with van der Waals surface area (Å²) in [4.78, 5) is 3.84. The second kappa shape index (κ2) is 5.19. The standard InChI is InChI=1S/C13H9ClF3NO/c14-12-10(6-5-8(7-19)18-12)9-3-1-2-4-11(9)13(15,16)17/h1-6,19H,7H2. The van der Waals surface area contributed by atoms with Crippen LogP contribution in [-0.4, -0.2) is 10.1 Å². The second-order valence-electron chi connectivity index (χ2n) is 3.84. The number of hydrogen-bond acceptors (Lipinski definition) is 2. The molecule has 0 bridgehead atoms. The summed E-state index contributed by atoms with van der Waals surface area (Å²) in [5, 5.41) is 8.84. The van der Waals surface area contributed by atoms with Gasteiger partial charge in [0.15, 0.2) is 0 Å². The van der Waals surface area contributed by atoms with Crippen LogP contribution in [-0.2, 0) is 12.8 Å². The molecule has 0 saturated carbocycles. The van der Waals surface area contributed by atoms with E-state index in [4.69, 9.17) is 16.7 Å². The van der Waals surface area contributed by atoms with Crippen LogP contribution in [0, 0.1) is 0 Å². The van der Waals surface area contributed by atoms with Crippen LogP contribution in [0.1, 0.15) is 11.3 Å². The van der Waals surface area contributed by atoms with Crippen molar-refractivity contribution >= 4 is 11.6 Å². The Morgan fingerprint density at radius 1 is 1.05 bits per heavy atom. The maximum absolute atomic E-state index is 12.9. The van der Waals surface area contributed by atoms with Gasteiger partial charge in [0.25, 0.3) is 0 Å². The predicted molar refractivity (Wildman–Crippen MR) is 65.6 cm³/mol. The summed E-state index contributed by atoms with van der Waals surface area (Å²) in [6.07, 6.45) is -4.46. The van der Waals surface area contributed by atoms with Gasteiger partial charge >= 0.3 is 6.18 Å². The summed E-state index contributed by atoms with van der Waals surface area (Å²) in [7, 11) is 0. The molecule has 1 heterocycles. The molecule has 0 unspecified atom stereocenters. The molecule has 0 aliphatic rings. The first kappa shape index (κ1) is 13.8. The van der Waals surface area contributed by atoms with Crippen LogP contribution in [0.4, 0.5) is 13.2 Å². The highest BCUT2D eigenvalue weighted by Gasteiger charge is 2.33. The zero-order valence-corrected chi connectivity index (χ0v) is 10.3. The first-order valence-corrected chi connectivity index (χ1v) is 5.74. The van der Waals surface area contributed by atoms with Crippen LogP contribution in [0.25, 0.3) is 11.1 Å². The van der Waals surface area contributed by atoms with E-state index in [-0.39, 0.29) is 22.9 Å². The lowest BCUT2D eigenvalue weighted by Gasteiger charge is -2.13. The summed E-state index contributed by atoms with van der Waals surface area (Å²) < 4.78 is 38.7. The van der Waals surface area contributed by atoms with Gasteiger partial charge in [0, 0.05) is 5.56 Å². The van der Waals surface area contributed by atoms with Gasteiger partial charge in [-0.2, -0.15) is 13.2 Å². The van der Waals surface area contributed by atoms with Crippen molar-refractivity contribution in [1.82, 2.24) is 4.98 Å². The number of alkyl halides is 3. The van der Waals surface area contributed by atoms with E-state index in [1.807, 2.05) is 0 Å². The van der Waals surface area contributed by atoms with Crippen LogP contribution in [0.5, 0.6) is 0 Å². The Labute approximate surface area is 112 Å². The number of aliphatic hydroxyl groups is 1. The fourth-order valence-electron chi connectivity index (χ4n) is 1.73. The molecular weight excluding hydrogens is 279 g/mol. The third kappa shape index (κ3) is 2.88. The van der Waals surface area contributed by atoms with E-state index in [0.717, 1.165) is 6.07 Å². The zero-order valence-electron chi connectivity index (χ0n) is 9.58. The lowest BCUT2D eigenvalue weighted by Crippen LogP contribution is -2.07. The van der Waals surface area contributed by atoms with Gasteiger partial charge in [0.05, 0.1) is 17.9 Å². The van der Waals surface area contributed by atoms with E-state index in [2.05, 4.69) is 4.98 Å². The number of halogens is 4. The number of rotatable bonds is 2. The SMILES string of the molecule is OCc1ccc(-c2ccccc2C(F)(F)F)c(Cl)n1. The molecule has 0 aliphatic heterocycles. The van der Waals surface area contributed by atoms with E-state index in [9.17, 15) is 13.2 Å². The summed E-state index contributed by atoms with van der Waals surface area (Å²) >= 11 is 5.88. The second-order valence-corrected chi connectivity index (χ2v) is 4.20. The minimum Gasteiger partial charge on any atom is -0.390 e. The Morgan fingerprint density at radius 2 is 1.74 bits per heavy atom. The largest absolute Gasteiger partial charge is 0.417 e. The lowest BCUT2D eigenvalue weighted by atomic mass is 10.0. The smallest absolute Gasteiger partial charge is 0.390 e. The van der Waals surface area contributed by atoms with Gasteiger partial charge in [-0.05, 0) is 23.8 Å². The zero-order chi connectivity index (χ0) is 14.0. The number of nitrogens with zero attached hydrogens (tertiary/aromatic N) is 1. The average Bonchev–Trinajstić information content (AvgIpc) is 2.37. The fraction of sp³-hybridized carbons (Fsp3) is 0.154. The molecule has 2 rings (SSSR count). The molecule has 0 fully saturated rings. The van der Waals surface area contributed by atoms with Crippen molar-refractivity contribution < 1.29 is 18.3 Å². The Hall–Kier alpha value is -1.59. The minimum absolute atomic E-state index is 0.0306. The molecule has 6 heteroatoms. The first-order valence-electron chi connectivity index (χ1n) is 5.36. The predicted octanol–water partition coefficient (Wildman–Crippen LogP) is 3.91. The number of aliphatic hydroxyl groups excluding tert-OH is 1. The Kier molecular flexibility index (Phi) is 3.78. The molecule has 0 aliphatic carbocycles. The quantitative estimate of drug-likeness (QED) is 0.850. The molecule has 0 saturated heterocycles. The van der Waals surface area contributed by atoms with Gasteiger partial charge in [-0.3, -0.25) is 0 Å². The van der Waals surface area contributed by atoms with Crippen molar-refractivity contribution in [2.75, 3.05) is 0 Å². The van der Waals surface area contributed by atoms with Crippen molar-refractivity contribution in [3.8, 4) is 11.1 Å². The molecule has 0 radical (unpaired) electrons. The molecular formula is C13H9ClF3NO. The van der Waals surface area contributed by atoms with E-state index in [1.165, 1.54) is 30.3 Å². The van der Waals surface area contributed by atoms with Gasteiger partial charge in [-0.1, -0.05) is 29.8 Å². The van der Waals surface area contributed by atoms with Crippen LogP contribution in [0.2, 0.25) is 5.15 Å². The van der Waals surface area contributed by atoms with Crippen molar-refractivity contribution in [2.45, 2.75) is 12.8 Å². The third-order valence-electron chi connectivity index (χ3n) is 2.59. The molecule has 2 nitrogen and oxygen atoms in total. The van der Waals surface area contributed by atoms with E-state index < -0.39 is 11.7 Å². The van der Waals surface area contributed by atoms with E-state index in [1.54, 1.807) is 0 Å². The number of pyridine rings is 1. The molecule has 0 amide bonds. The summed E-state index contributed by atoms with van der Waals surface area (Å²) in [6.45, 7) is -0.319. The van der Waals surface area contributed by atoms with Gasteiger partial charge < -0.3 is 5.11 Å². The van der Waals surface area contributed by atoms with Crippen molar-refractivity contribution in [1.29, 1.82) is 0 Å². The van der Waals surface area contributed by atoms with Gasteiger partial charge in [-0.25, -0.2) is 4.98 Å². The molecule has 1 aromatic heterocycles. The topological polar surface area (TPSA) is 33.1 Å². The van der Waals surface area contributed by atoms with Crippen LogP contribution < -0.4 is 0 Å². The molecule has 19 heavy (non-hydrogen) atoms. The van der Waals surface area contributed by atoms with Crippen LogP contribution in [0.15, 0.2) is 36.4 Å². The summed E-state index contributed by atoms with van der Waals surface area (Å²) in [6, 6.07) is 8.01. The van der Waals surface area contributed by atoms with E-state index in [0.29, 0.717) is 5.69 Å². The van der Waals surface area contributed by atoms with Crippen LogP contribution >= 0.6 is 11.6 Å². The summed E-state index contributed by atoms with van der Waals surface area (Å²) in [5.74, 6) is 0. The Balaban J connectivity index is 2.60. The summed E-state index contributed by atoms with van der Waals surface area (Å²) in [5.41, 5.74) is -0.308. The maximum atomic E-state index is 12.9. The molecule has 0 spiro atoms. The Morgan fingerprint density at radius 3 is 2.32 bits per heavy atom. The normalized spacial score (nSPS) is 11.6. The number of aromatic nitrogens is 1.